The number of carbonyl (C=O) groups is 1. The van der Waals surface area contributed by atoms with Crippen LogP contribution in [0.1, 0.15) is 22.8 Å². The van der Waals surface area contributed by atoms with Gasteiger partial charge in [-0.15, -0.1) is 0 Å². The summed E-state index contributed by atoms with van der Waals surface area (Å²) in [5.74, 6) is 0. The van der Waals surface area contributed by atoms with Gasteiger partial charge in [-0.2, -0.15) is 0 Å². The molecule has 0 bridgehead atoms. The number of aromatic nitrogens is 1. The van der Waals surface area contributed by atoms with Crippen LogP contribution in [0.15, 0.2) is 60.9 Å². The van der Waals surface area contributed by atoms with Crippen LogP contribution in [-0.2, 0) is 6.42 Å². The summed E-state index contributed by atoms with van der Waals surface area (Å²) in [6.07, 6.45) is 3.57. The minimum Gasteiger partial charge on any atom is -0.387 e. The molecule has 0 radical (unpaired) electrons. The molecule has 1 unspecified atom stereocenters. The number of rotatable bonds is 6. The second kappa shape index (κ2) is 8.45. The van der Waals surface area contributed by atoms with E-state index in [1.807, 2.05) is 61.7 Å². The van der Waals surface area contributed by atoms with Crippen molar-refractivity contribution in [1.29, 1.82) is 0 Å². The molecule has 0 aliphatic heterocycles. The second-order valence-corrected chi connectivity index (χ2v) is 6.31. The Bertz CT molecular complexity index is 895. The number of aryl methyl sites for hydroxylation is 1. The molecule has 3 N–H and O–H groups in total. The van der Waals surface area contributed by atoms with Crippen LogP contribution >= 0.6 is 0 Å². The lowest BCUT2D eigenvalue weighted by atomic mass is 10.0. The SMILES string of the molecule is Cc1cnccc1CCNC(=O)NCC(O)c1ccc2ccccc2c1. The van der Waals surface area contributed by atoms with Crippen molar-refractivity contribution in [2.24, 2.45) is 0 Å². The van der Waals surface area contributed by atoms with Crippen molar-refractivity contribution in [2.75, 3.05) is 13.1 Å². The number of pyridine rings is 1. The summed E-state index contributed by atoms with van der Waals surface area (Å²) in [7, 11) is 0. The Balaban J connectivity index is 1.46. The minimum absolute atomic E-state index is 0.165. The van der Waals surface area contributed by atoms with Crippen LogP contribution in [0.4, 0.5) is 4.79 Å². The van der Waals surface area contributed by atoms with Crippen LogP contribution in [-0.4, -0.2) is 29.2 Å². The lowest BCUT2D eigenvalue weighted by Crippen LogP contribution is -2.38. The first kappa shape index (κ1) is 17.9. The van der Waals surface area contributed by atoms with Crippen LogP contribution in [0.25, 0.3) is 10.8 Å². The van der Waals surface area contributed by atoms with Gasteiger partial charge in [0, 0.05) is 25.5 Å². The van der Waals surface area contributed by atoms with E-state index in [9.17, 15) is 9.90 Å². The molecule has 2 aromatic carbocycles. The summed E-state index contributed by atoms with van der Waals surface area (Å²) in [6.45, 7) is 2.70. The van der Waals surface area contributed by atoms with E-state index in [1.165, 1.54) is 0 Å². The van der Waals surface area contributed by atoms with Gasteiger partial charge in [0.2, 0.25) is 0 Å². The predicted molar refractivity (Wildman–Crippen MR) is 103 cm³/mol. The number of benzene rings is 2. The fourth-order valence-electron chi connectivity index (χ4n) is 2.88. The zero-order valence-electron chi connectivity index (χ0n) is 14.8. The van der Waals surface area contributed by atoms with E-state index in [0.717, 1.165) is 33.9 Å². The van der Waals surface area contributed by atoms with Gasteiger partial charge in [0.15, 0.2) is 0 Å². The van der Waals surface area contributed by atoms with E-state index < -0.39 is 6.10 Å². The minimum atomic E-state index is -0.743. The van der Waals surface area contributed by atoms with Crippen molar-refractivity contribution in [3.05, 3.63) is 77.6 Å². The number of carbonyl (C=O) groups excluding carboxylic acids is 1. The van der Waals surface area contributed by atoms with Gasteiger partial charge >= 0.3 is 6.03 Å². The maximum absolute atomic E-state index is 11.9. The first-order valence-electron chi connectivity index (χ1n) is 8.71. The number of nitrogens with zero attached hydrogens (tertiary/aromatic N) is 1. The van der Waals surface area contributed by atoms with E-state index in [-0.39, 0.29) is 12.6 Å². The second-order valence-electron chi connectivity index (χ2n) is 6.31. The monoisotopic (exact) mass is 349 g/mol. The number of aliphatic hydroxyl groups is 1. The predicted octanol–water partition coefficient (Wildman–Crippen LogP) is 3.12. The molecular formula is C21H23N3O2. The highest BCUT2D eigenvalue weighted by Crippen LogP contribution is 2.20. The fourth-order valence-corrected chi connectivity index (χ4v) is 2.88. The molecule has 1 heterocycles. The fraction of sp³-hybridized carbons (Fsp3) is 0.238. The molecule has 134 valence electrons. The summed E-state index contributed by atoms with van der Waals surface area (Å²) in [5.41, 5.74) is 3.06. The Kier molecular flexibility index (Phi) is 5.81. The third-order valence-corrected chi connectivity index (χ3v) is 4.43. The normalized spacial score (nSPS) is 11.9. The topological polar surface area (TPSA) is 74.2 Å². The number of amides is 2. The van der Waals surface area contributed by atoms with Crippen molar-refractivity contribution in [1.82, 2.24) is 15.6 Å². The van der Waals surface area contributed by atoms with Crippen LogP contribution < -0.4 is 10.6 Å². The lowest BCUT2D eigenvalue weighted by Gasteiger charge is -2.14. The van der Waals surface area contributed by atoms with Crippen molar-refractivity contribution < 1.29 is 9.90 Å². The maximum Gasteiger partial charge on any atom is 0.314 e. The molecule has 0 spiro atoms. The molecule has 1 aromatic heterocycles. The van der Waals surface area contributed by atoms with Crippen LogP contribution in [0.3, 0.4) is 0 Å². The number of hydrogen-bond donors (Lipinski definition) is 3. The summed E-state index contributed by atoms with van der Waals surface area (Å²) in [4.78, 5) is 16.0. The highest BCUT2D eigenvalue weighted by molar-refractivity contribution is 5.83. The zero-order chi connectivity index (χ0) is 18.4. The van der Waals surface area contributed by atoms with Crippen molar-refractivity contribution in [3.8, 4) is 0 Å². The Morgan fingerprint density at radius 3 is 2.73 bits per heavy atom. The third-order valence-electron chi connectivity index (χ3n) is 4.43. The van der Waals surface area contributed by atoms with E-state index in [0.29, 0.717) is 6.54 Å². The number of fused-ring (bicyclic) bond motifs is 1. The quantitative estimate of drug-likeness (QED) is 0.640. The third kappa shape index (κ3) is 4.58. The zero-order valence-corrected chi connectivity index (χ0v) is 14.8. The molecule has 1 atom stereocenters. The van der Waals surface area contributed by atoms with E-state index in [1.54, 1.807) is 6.20 Å². The number of urea groups is 1. The molecule has 0 aliphatic rings. The molecule has 0 aliphatic carbocycles. The lowest BCUT2D eigenvalue weighted by molar-refractivity contribution is 0.173. The number of hydrogen-bond acceptors (Lipinski definition) is 3. The van der Waals surface area contributed by atoms with Gasteiger partial charge < -0.3 is 15.7 Å². The number of aliphatic hydroxyl groups excluding tert-OH is 1. The molecule has 5 nitrogen and oxygen atoms in total. The molecule has 26 heavy (non-hydrogen) atoms. The molecule has 0 saturated carbocycles. The molecule has 0 saturated heterocycles. The standard InChI is InChI=1S/C21H23N3O2/c1-15-13-22-10-8-16(15)9-11-23-21(26)24-14-20(25)19-7-6-17-4-2-3-5-18(17)12-19/h2-8,10,12-13,20,25H,9,11,14H2,1H3,(H2,23,24,26). The van der Waals surface area contributed by atoms with Gasteiger partial charge in [-0.25, -0.2) is 4.79 Å². The molecule has 5 heteroatoms. The Morgan fingerprint density at radius 2 is 1.92 bits per heavy atom. The van der Waals surface area contributed by atoms with E-state index in [4.69, 9.17) is 0 Å². The molecule has 2 amide bonds. The highest BCUT2D eigenvalue weighted by atomic mass is 16.3. The van der Waals surface area contributed by atoms with Gasteiger partial charge in [-0.3, -0.25) is 4.98 Å². The van der Waals surface area contributed by atoms with E-state index in [2.05, 4.69) is 15.6 Å². The summed E-state index contributed by atoms with van der Waals surface area (Å²) in [6, 6.07) is 15.5. The molecule has 3 rings (SSSR count). The van der Waals surface area contributed by atoms with Crippen LogP contribution in [0, 0.1) is 6.92 Å². The van der Waals surface area contributed by atoms with Gasteiger partial charge in [-0.05, 0) is 52.9 Å². The van der Waals surface area contributed by atoms with Gasteiger partial charge in [0.05, 0.1) is 6.10 Å². The molecule has 3 aromatic rings. The van der Waals surface area contributed by atoms with Crippen LogP contribution in [0.5, 0.6) is 0 Å². The summed E-state index contributed by atoms with van der Waals surface area (Å²) >= 11 is 0. The maximum atomic E-state index is 11.9. The first-order valence-corrected chi connectivity index (χ1v) is 8.71. The van der Waals surface area contributed by atoms with Crippen molar-refractivity contribution in [2.45, 2.75) is 19.4 Å². The summed E-state index contributed by atoms with van der Waals surface area (Å²) in [5, 5.41) is 18.0. The van der Waals surface area contributed by atoms with Gasteiger partial charge in [0.1, 0.15) is 0 Å². The van der Waals surface area contributed by atoms with Gasteiger partial charge in [-0.1, -0.05) is 36.4 Å². The van der Waals surface area contributed by atoms with E-state index >= 15 is 0 Å². The van der Waals surface area contributed by atoms with Gasteiger partial charge in [0.25, 0.3) is 0 Å². The van der Waals surface area contributed by atoms with Crippen molar-refractivity contribution >= 4 is 16.8 Å². The Labute approximate surface area is 153 Å². The van der Waals surface area contributed by atoms with Crippen LogP contribution in [0.2, 0.25) is 0 Å². The molecular weight excluding hydrogens is 326 g/mol. The first-order chi connectivity index (χ1) is 12.6. The number of nitrogens with one attached hydrogen (secondary N) is 2. The molecule has 0 fully saturated rings. The largest absolute Gasteiger partial charge is 0.387 e. The Hall–Kier alpha value is -2.92. The smallest absolute Gasteiger partial charge is 0.314 e. The average molecular weight is 349 g/mol. The highest BCUT2D eigenvalue weighted by Gasteiger charge is 2.10. The van der Waals surface area contributed by atoms with Crippen molar-refractivity contribution in [3.63, 3.8) is 0 Å². The Morgan fingerprint density at radius 1 is 1.12 bits per heavy atom. The summed E-state index contributed by atoms with van der Waals surface area (Å²) < 4.78 is 0. The average Bonchev–Trinajstić information content (AvgIpc) is 2.67.